The third-order valence-electron chi connectivity index (χ3n) is 2.45. The van der Waals surface area contributed by atoms with Crippen LogP contribution < -0.4 is 10.2 Å². The molecular weight excluding hydrogens is 244 g/mol. The third-order valence-corrected chi connectivity index (χ3v) is 2.45. The number of carbonyl (C=O) groups is 2. The van der Waals surface area contributed by atoms with Gasteiger partial charge >= 0.3 is 5.97 Å². The molecule has 0 unspecified atom stereocenters. The van der Waals surface area contributed by atoms with Crippen LogP contribution in [-0.2, 0) is 9.59 Å². The standard InChI is InChI=1S/C14H16N2O3/c1-3-8-15-13(17)9-16(10-14(18)19)12-6-4-11(2)5-7-12/h1,4-7H,8-10H2,2H3,(H,15,17)(H,18,19). The Balaban J connectivity index is 2.77. The molecule has 0 bridgehead atoms. The third kappa shape index (κ3) is 5.13. The van der Waals surface area contributed by atoms with Crippen molar-refractivity contribution in [3.63, 3.8) is 0 Å². The molecule has 1 amide bonds. The van der Waals surface area contributed by atoms with Gasteiger partial charge in [0.05, 0.1) is 13.1 Å². The highest BCUT2D eigenvalue weighted by Gasteiger charge is 2.14. The van der Waals surface area contributed by atoms with Crippen molar-refractivity contribution in [2.75, 3.05) is 24.5 Å². The zero-order valence-electron chi connectivity index (χ0n) is 10.7. The van der Waals surface area contributed by atoms with Crippen LogP contribution in [0, 0.1) is 19.3 Å². The van der Waals surface area contributed by atoms with E-state index in [1.54, 1.807) is 12.1 Å². The van der Waals surface area contributed by atoms with Gasteiger partial charge in [-0.25, -0.2) is 0 Å². The zero-order valence-corrected chi connectivity index (χ0v) is 10.7. The lowest BCUT2D eigenvalue weighted by Gasteiger charge is -2.22. The quantitative estimate of drug-likeness (QED) is 0.736. The minimum Gasteiger partial charge on any atom is -0.480 e. The fraction of sp³-hybridized carbons (Fsp3) is 0.286. The SMILES string of the molecule is C#CCNC(=O)CN(CC(=O)O)c1ccc(C)cc1. The van der Waals surface area contributed by atoms with Gasteiger partial charge in [0.2, 0.25) is 5.91 Å². The van der Waals surface area contributed by atoms with Crippen molar-refractivity contribution in [2.45, 2.75) is 6.92 Å². The van der Waals surface area contributed by atoms with Crippen molar-refractivity contribution in [1.29, 1.82) is 0 Å². The maximum Gasteiger partial charge on any atom is 0.323 e. The van der Waals surface area contributed by atoms with Crippen LogP contribution in [0.1, 0.15) is 5.56 Å². The molecule has 5 heteroatoms. The Labute approximate surface area is 112 Å². The van der Waals surface area contributed by atoms with E-state index in [1.807, 2.05) is 19.1 Å². The summed E-state index contributed by atoms with van der Waals surface area (Å²) in [5.41, 5.74) is 1.75. The number of carbonyl (C=O) groups excluding carboxylic acids is 1. The average molecular weight is 260 g/mol. The normalized spacial score (nSPS) is 9.47. The summed E-state index contributed by atoms with van der Waals surface area (Å²) in [5, 5.41) is 11.4. The van der Waals surface area contributed by atoms with Crippen molar-refractivity contribution in [3.05, 3.63) is 29.8 Å². The average Bonchev–Trinajstić information content (AvgIpc) is 2.36. The fourth-order valence-electron chi connectivity index (χ4n) is 1.54. The molecule has 0 radical (unpaired) electrons. The van der Waals surface area contributed by atoms with E-state index in [0.29, 0.717) is 5.69 Å². The predicted molar refractivity (Wildman–Crippen MR) is 72.9 cm³/mol. The predicted octanol–water partition coefficient (Wildman–Crippen LogP) is 0.635. The van der Waals surface area contributed by atoms with Crippen LogP contribution in [-0.4, -0.2) is 36.6 Å². The first-order valence-corrected chi connectivity index (χ1v) is 5.76. The molecule has 0 heterocycles. The number of terminal acetylenes is 1. The van der Waals surface area contributed by atoms with Crippen molar-refractivity contribution in [3.8, 4) is 12.3 Å². The molecule has 19 heavy (non-hydrogen) atoms. The lowest BCUT2D eigenvalue weighted by atomic mass is 10.2. The first-order valence-electron chi connectivity index (χ1n) is 5.76. The number of carboxylic acid groups (broad SMARTS) is 1. The number of benzene rings is 1. The van der Waals surface area contributed by atoms with Gasteiger partial charge in [-0.1, -0.05) is 23.6 Å². The van der Waals surface area contributed by atoms with Gasteiger partial charge in [-0.2, -0.15) is 0 Å². The van der Waals surface area contributed by atoms with Crippen LogP contribution in [0.3, 0.4) is 0 Å². The van der Waals surface area contributed by atoms with Crippen LogP contribution in [0.2, 0.25) is 0 Å². The summed E-state index contributed by atoms with van der Waals surface area (Å²) in [4.78, 5) is 23.9. The Morgan fingerprint density at radius 3 is 2.47 bits per heavy atom. The van der Waals surface area contributed by atoms with Gasteiger partial charge in [0.15, 0.2) is 0 Å². The number of hydrogen-bond donors (Lipinski definition) is 2. The maximum atomic E-state index is 11.6. The molecule has 0 atom stereocenters. The molecule has 0 aliphatic carbocycles. The Bertz CT molecular complexity index is 488. The van der Waals surface area contributed by atoms with E-state index < -0.39 is 5.97 Å². The molecule has 0 saturated carbocycles. The van der Waals surface area contributed by atoms with Crippen LogP contribution in [0.5, 0.6) is 0 Å². The van der Waals surface area contributed by atoms with Crippen molar-refractivity contribution >= 4 is 17.6 Å². The topological polar surface area (TPSA) is 69.6 Å². The van der Waals surface area contributed by atoms with Crippen LogP contribution in [0.15, 0.2) is 24.3 Å². The van der Waals surface area contributed by atoms with Gasteiger partial charge in [0, 0.05) is 5.69 Å². The Kier molecular flexibility index (Phi) is 5.42. The summed E-state index contributed by atoms with van der Waals surface area (Å²) >= 11 is 0. The Morgan fingerprint density at radius 2 is 1.95 bits per heavy atom. The Hall–Kier alpha value is -2.48. The first kappa shape index (κ1) is 14.6. The van der Waals surface area contributed by atoms with Crippen LogP contribution in [0.4, 0.5) is 5.69 Å². The molecule has 1 aromatic rings. The lowest BCUT2D eigenvalue weighted by Crippen LogP contribution is -2.40. The van der Waals surface area contributed by atoms with E-state index in [2.05, 4.69) is 11.2 Å². The number of amides is 1. The highest BCUT2D eigenvalue weighted by Crippen LogP contribution is 2.14. The summed E-state index contributed by atoms with van der Waals surface area (Å²) in [6.07, 6.45) is 5.04. The molecule has 0 aromatic heterocycles. The van der Waals surface area contributed by atoms with Gasteiger partial charge in [-0.3, -0.25) is 9.59 Å². The van der Waals surface area contributed by atoms with Gasteiger partial charge < -0.3 is 15.3 Å². The van der Waals surface area contributed by atoms with E-state index in [4.69, 9.17) is 11.5 Å². The highest BCUT2D eigenvalue weighted by molar-refractivity contribution is 5.84. The number of anilines is 1. The Morgan fingerprint density at radius 1 is 1.32 bits per heavy atom. The molecule has 100 valence electrons. The van der Waals surface area contributed by atoms with E-state index in [1.165, 1.54) is 4.90 Å². The highest BCUT2D eigenvalue weighted by atomic mass is 16.4. The van der Waals surface area contributed by atoms with Gasteiger partial charge in [0.25, 0.3) is 0 Å². The number of nitrogens with one attached hydrogen (secondary N) is 1. The maximum absolute atomic E-state index is 11.6. The second-order valence-corrected chi connectivity index (χ2v) is 4.07. The number of aryl methyl sites for hydroxylation is 1. The zero-order chi connectivity index (χ0) is 14.3. The van der Waals surface area contributed by atoms with E-state index in [-0.39, 0.29) is 25.5 Å². The second-order valence-electron chi connectivity index (χ2n) is 4.07. The first-order chi connectivity index (χ1) is 9.02. The minimum atomic E-state index is -0.995. The van der Waals surface area contributed by atoms with E-state index >= 15 is 0 Å². The van der Waals surface area contributed by atoms with Crippen molar-refractivity contribution in [1.82, 2.24) is 5.32 Å². The summed E-state index contributed by atoms with van der Waals surface area (Å²) in [7, 11) is 0. The van der Waals surface area contributed by atoms with E-state index in [9.17, 15) is 9.59 Å². The van der Waals surface area contributed by atoms with Gasteiger partial charge in [-0.15, -0.1) is 6.42 Å². The molecule has 5 nitrogen and oxygen atoms in total. The largest absolute Gasteiger partial charge is 0.480 e. The molecule has 1 aromatic carbocycles. The molecule has 0 aliphatic rings. The monoisotopic (exact) mass is 260 g/mol. The molecule has 1 rings (SSSR count). The van der Waals surface area contributed by atoms with Crippen LogP contribution >= 0.6 is 0 Å². The summed E-state index contributed by atoms with van der Waals surface area (Å²) in [6.45, 7) is 1.78. The summed E-state index contributed by atoms with van der Waals surface area (Å²) < 4.78 is 0. The summed E-state index contributed by atoms with van der Waals surface area (Å²) in [6, 6.07) is 7.30. The molecule has 0 fully saturated rings. The van der Waals surface area contributed by atoms with Crippen molar-refractivity contribution in [2.24, 2.45) is 0 Å². The second kappa shape index (κ2) is 7.07. The number of carboxylic acids is 1. The number of hydrogen-bond acceptors (Lipinski definition) is 3. The molecule has 0 saturated heterocycles. The van der Waals surface area contributed by atoms with Gasteiger partial charge in [-0.05, 0) is 19.1 Å². The molecule has 0 spiro atoms. The number of rotatable bonds is 6. The van der Waals surface area contributed by atoms with Crippen molar-refractivity contribution < 1.29 is 14.7 Å². The van der Waals surface area contributed by atoms with Crippen LogP contribution in [0.25, 0.3) is 0 Å². The lowest BCUT2D eigenvalue weighted by molar-refractivity contribution is -0.135. The smallest absolute Gasteiger partial charge is 0.323 e. The molecule has 2 N–H and O–H groups in total. The molecular formula is C14H16N2O3. The molecule has 0 aliphatic heterocycles. The summed E-state index contributed by atoms with van der Waals surface area (Å²) in [5.74, 6) is 0.992. The number of aliphatic carboxylic acids is 1. The van der Waals surface area contributed by atoms with E-state index in [0.717, 1.165) is 5.56 Å². The minimum absolute atomic E-state index is 0.0446. The van der Waals surface area contributed by atoms with Gasteiger partial charge in [0.1, 0.15) is 6.54 Å². The fourth-order valence-corrected chi connectivity index (χ4v) is 1.54. The number of nitrogens with zero attached hydrogens (tertiary/aromatic N) is 1.